The molecule has 4 saturated carbocycles. The number of Topliss-reactive ketones (excluding diaryl/α,β-unsaturated/α-hetero) is 1. The number of nitrogen functional groups attached to an aromatic ring is 1. The van der Waals surface area contributed by atoms with Gasteiger partial charge in [-0.1, -0.05) is 6.07 Å². The highest BCUT2D eigenvalue weighted by Gasteiger charge is 2.55. The molecule has 5 nitrogen and oxygen atoms in total. The first kappa shape index (κ1) is 20.5. The van der Waals surface area contributed by atoms with Gasteiger partial charge in [0.15, 0.2) is 5.78 Å². The molecule has 5 aliphatic rings. The first-order valence-electron chi connectivity index (χ1n) is 11.5. The molecule has 168 valence electrons. The van der Waals surface area contributed by atoms with E-state index in [1.807, 2.05) is 24.4 Å². The van der Waals surface area contributed by atoms with Crippen LogP contribution < -0.4 is 11.1 Å². The second-order valence-corrected chi connectivity index (χ2v) is 12.2. The summed E-state index contributed by atoms with van der Waals surface area (Å²) in [6.07, 6.45) is 6.97. The zero-order valence-electron chi connectivity index (χ0n) is 18.4. The van der Waals surface area contributed by atoms with E-state index < -0.39 is 0 Å². The molecule has 32 heavy (non-hydrogen) atoms. The molecule has 0 spiro atoms. The Morgan fingerprint density at radius 1 is 1.16 bits per heavy atom. The van der Waals surface area contributed by atoms with E-state index in [1.165, 1.54) is 37.7 Å². The first-order chi connectivity index (χ1) is 15.4. The lowest BCUT2D eigenvalue weighted by atomic mass is 9.48. The molecule has 1 aliphatic heterocycles. The molecular formula is C25H28N2O3S2. The molecule has 2 aromatic rings. The fraction of sp³-hybridized carbons (Fsp3) is 0.520. The van der Waals surface area contributed by atoms with Crippen molar-refractivity contribution in [2.75, 3.05) is 18.2 Å². The lowest BCUT2D eigenvalue weighted by Crippen LogP contribution is -2.50. The molecule has 0 saturated heterocycles. The summed E-state index contributed by atoms with van der Waals surface area (Å²) in [6, 6.07) is 4.01. The van der Waals surface area contributed by atoms with E-state index in [0.29, 0.717) is 33.9 Å². The van der Waals surface area contributed by atoms with E-state index in [2.05, 4.69) is 5.32 Å². The normalized spacial score (nSPS) is 32.6. The van der Waals surface area contributed by atoms with Gasteiger partial charge in [0.05, 0.1) is 34.2 Å². The van der Waals surface area contributed by atoms with Crippen molar-refractivity contribution in [2.24, 2.45) is 23.2 Å². The number of rotatable bonds is 4. The van der Waals surface area contributed by atoms with Crippen molar-refractivity contribution in [1.29, 1.82) is 0 Å². The van der Waals surface area contributed by atoms with Crippen LogP contribution >= 0.6 is 22.7 Å². The molecule has 0 unspecified atom stereocenters. The maximum atomic E-state index is 14.1. The SMILES string of the molecule is COC(=O)C1=C(C)Nc2sc(C(=O)C34CC5CC(CC(C5)C3)C4)c(N)c2[C@H]1c1cccs1. The number of allylic oxidation sites excluding steroid dienone is 1. The third kappa shape index (κ3) is 2.86. The highest BCUT2D eigenvalue weighted by atomic mass is 32.1. The standard InChI is InChI=1S/C25H28N2O3S2/c1-12-17(24(29)30-2)18(16-4-3-5-31-16)19-20(26)21(32-23(19)27-12)22(28)25-9-13-6-14(10-25)8-15(7-13)11-25/h3-5,13-15,18,27H,6-11,26H2,1-2H3/t13?,14?,15?,18-,25?/m0/s1. The van der Waals surface area contributed by atoms with Gasteiger partial charge in [0, 0.05) is 21.6 Å². The number of anilines is 2. The summed E-state index contributed by atoms with van der Waals surface area (Å²) in [6.45, 7) is 1.90. The van der Waals surface area contributed by atoms with Crippen LogP contribution in [0.4, 0.5) is 10.7 Å². The van der Waals surface area contributed by atoms with E-state index in [1.54, 1.807) is 11.3 Å². The van der Waals surface area contributed by atoms with Crippen LogP contribution in [-0.4, -0.2) is 18.9 Å². The van der Waals surface area contributed by atoms with Gasteiger partial charge in [-0.3, -0.25) is 4.79 Å². The van der Waals surface area contributed by atoms with Crippen molar-refractivity contribution in [1.82, 2.24) is 0 Å². The molecule has 2 aromatic heterocycles. The van der Waals surface area contributed by atoms with Gasteiger partial charge in [-0.15, -0.1) is 22.7 Å². The van der Waals surface area contributed by atoms with Crippen molar-refractivity contribution < 1.29 is 14.3 Å². The number of carbonyl (C=O) groups excluding carboxylic acids is 2. The predicted molar refractivity (Wildman–Crippen MR) is 128 cm³/mol. The summed E-state index contributed by atoms with van der Waals surface area (Å²) in [4.78, 5) is 28.6. The van der Waals surface area contributed by atoms with Crippen LogP contribution in [0.2, 0.25) is 0 Å². The molecule has 4 bridgehead atoms. The predicted octanol–water partition coefficient (Wildman–Crippen LogP) is 5.80. The highest BCUT2D eigenvalue weighted by molar-refractivity contribution is 7.19. The van der Waals surface area contributed by atoms with E-state index in [9.17, 15) is 9.59 Å². The lowest BCUT2D eigenvalue weighted by molar-refractivity contribution is -0.136. The molecule has 0 amide bonds. The third-order valence-corrected chi connectivity index (χ3v) is 10.3. The van der Waals surface area contributed by atoms with E-state index >= 15 is 0 Å². The first-order valence-corrected chi connectivity index (χ1v) is 13.2. The van der Waals surface area contributed by atoms with Gasteiger partial charge in [-0.25, -0.2) is 4.79 Å². The molecule has 7 rings (SSSR count). The summed E-state index contributed by atoms with van der Waals surface area (Å²) in [5.41, 5.74) is 9.27. The summed E-state index contributed by atoms with van der Waals surface area (Å²) < 4.78 is 5.13. The van der Waals surface area contributed by atoms with Crippen molar-refractivity contribution in [3.05, 3.63) is 44.1 Å². The number of carbonyl (C=O) groups is 2. The molecule has 4 aliphatic carbocycles. The molecule has 3 heterocycles. The van der Waals surface area contributed by atoms with Crippen LogP contribution in [0.25, 0.3) is 0 Å². The fourth-order valence-electron chi connectivity index (χ4n) is 7.35. The van der Waals surface area contributed by atoms with Gasteiger partial charge in [0.1, 0.15) is 0 Å². The van der Waals surface area contributed by atoms with E-state index in [-0.39, 0.29) is 23.1 Å². The number of thiophene rings is 2. The number of nitrogens with one attached hydrogen (secondary N) is 1. The van der Waals surface area contributed by atoms with E-state index in [0.717, 1.165) is 40.4 Å². The minimum Gasteiger partial charge on any atom is -0.466 e. The highest BCUT2D eigenvalue weighted by Crippen LogP contribution is 2.62. The Balaban J connectivity index is 1.45. The van der Waals surface area contributed by atoms with Crippen molar-refractivity contribution >= 4 is 45.1 Å². The summed E-state index contributed by atoms with van der Waals surface area (Å²) in [7, 11) is 1.41. The van der Waals surface area contributed by atoms with Crippen molar-refractivity contribution in [3.8, 4) is 0 Å². The molecule has 0 radical (unpaired) electrons. The number of nitrogens with two attached hydrogens (primary N) is 1. The van der Waals surface area contributed by atoms with E-state index in [4.69, 9.17) is 10.5 Å². The van der Waals surface area contributed by atoms with Gasteiger partial charge in [0.2, 0.25) is 0 Å². The van der Waals surface area contributed by atoms with Crippen LogP contribution in [0.1, 0.15) is 71.5 Å². The largest absolute Gasteiger partial charge is 0.466 e. The maximum Gasteiger partial charge on any atom is 0.336 e. The average molecular weight is 469 g/mol. The second-order valence-electron chi connectivity index (χ2n) is 10.2. The Morgan fingerprint density at radius 3 is 2.38 bits per heavy atom. The number of methoxy groups -OCH3 is 1. The minimum absolute atomic E-state index is 0.234. The topological polar surface area (TPSA) is 81.4 Å². The molecular weight excluding hydrogens is 440 g/mol. The molecule has 0 aromatic carbocycles. The molecule has 3 N–H and O–H groups in total. The smallest absolute Gasteiger partial charge is 0.336 e. The third-order valence-electron chi connectivity index (χ3n) is 8.23. The van der Waals surface area contributed by atoms with Crippen LogP contribution in [0.3, 0.4) is 0 Å². The van der Waals surface area contributed by atoms with Crippen molar-refractivity contribution in [3.63, 3.8) is 0 Å². The van der Waals surface area contributed by atoms with Gasteiger partial charge >= 0.3 is 5.97 Å². The zero-order chi connectivity index (χ0) is 22.2. The minimum atomic E-state index is -0.362. The zero-order valence-corrected chi connectivity index (χ0v) is 20.0. The average Bonchev–Trinajstić information content (AvgIpc) is 3.39. The monoisotopic (exact) mass is 468 g/mol. The summed E-state index contributed by atoms with van der Waals surface area (Å²) in [5.74, 6) is 1.68. The quantitative estimate of drug-likeness (QED) is 0.438. The summed E-state index contributed by atoms with van der Waals surface area (Å²) in [5, 5.41) is 6.27. The van der Waals surface area contributed by atoms with Crippen LogP contribution in [0.15, 0.2) is 28.8 Å². The number of hydrogen-bond acceptors (Lipinski definition) is 7. The molecule has 7 heteroatoms. The Bertz CT molecular complexity index is 1110. The summed E-state index contributed by atoms with van der Waals surface area (Å²) >= 11 is 3.07. The lowest BCUT2D eigenvalue weighted by Gasteiger charge is -2.55. The van der Waals surface area contributed by atoms with Gasteiger partial charge in [-0.2, -0.15) is 0 Å². The fourth-order valence-corrected chi connectivity index (χ4v) is 9.47. The van der Waals surface area contributed by atoms with Crippen LogP contribution in [0, 0.1) is 23.2 Å². The Labute approximate surface area is 196 Å². The second kappa shape index (κ2) is 7.19. The van der Waals surface area contributed by atoms with Crippen molar-refractivity contribution in [2.45, 2.75) is 51.4 Å². The maximum absolute atomic E-state index is 14.1. The number of fused-ring (bicyclic) bond motifs is 1. The Kier molecular flexibility index (Phi) is 4.60. The van der Waals surface area contributed by atoms with Gasteiger partial charge in [-0.05, 0) is 74.6 Å². The Hall–Kier alpha value is -2.12. The van der Waals surface area contributed by atoms with Crippen LogP contribution in [0.5, 0.6) is 0 Å². The molecule has 4 fully saturated rings. The number of ether oxygens (including phenoxy) is 1. The number of ketones is 1. The van der Waals surface area contributed by atoms with Crippen LogP contribution in [-0.2, 0) is 9.53 Å². The number of hydrogen-bond donors (Lipinski definition) is 2. The van der Waals surface area contributed by atoms with Gasteiger partial charge in [0.25, 0.3) is 0 Å². The Morgan fingerprint density at radius 2 is 1.81 bits per heavy atom. The number of esters is 1. The molecule has 1 atom stereocenters. The van der Waals surface area contributed by atoms with Gasteiger partial charge < -0.3 is 15.8 Å².